The summed E-state index contributed by atoms with van der Waals surface area (Å²) in [7, 11) is 0. The predicted octanol–water partition coefficient (Wildman–Crippen LogP) is 4.97. The van der Waals surface area contributed by atoms with Crippen LogP contribution in [0.4, 0.5) is 0 Å². The zero-order chi connectivity index (χ0) is 16.9. The van der Waals surface area contributed by atoms with Gasteiger partial charge in [0.15, 0.2) is 0 Å². The highest BCUT2D eigenvalue weighted by atomic mass is 15.4. The maximum absolute atomic E-state index is 4.31. The van der Waals surface area contributed by atoms with Crippen molar-refractivity contribution in [2.45, 2.75) is 85.7 Å². The van der Waals surface area contributed by atoms with E-state index in [1.54, 1.807) is 6.33 Å². The minimum atomic E-state index is 0.808. The van der Waals surface area contributed by atoms with Gasteiger partial charge in [0.1, 0.15) is 12.7 Å². The zero-order valence-electron chi connectivity index (χ0n) is 15.9. The van der Waals surface area contributed by atoms with Crippen molar-refractivity contribution in [3.63, 3.8) is 0 Å². The second-order valence-corrected chi connectivity index (χ2v) is 6.95. The van der Waals surface area contributed by atoms with Crippen molar-refractivity contribution in [3.05, 3.63) is 12.7 Å². The maximum atomic E-state index is 4.31. The monoisotopic (exact) mass is 322 g/mol. The molecule has 1 rings (SSSR count). The molecule has 0 saturated carbocycles. The van der Waals surface area contributed by atoms with Crippen molar-refractivity contribution in [1.29, 1.82) is 0 Å². The lowest BCUT2D eigenvalue weighted by Crippen LogP contribution is -2.35. The van der Waals surface area contributed by atoms with Gasteiger partial charge in [0.25, 0.3) is 0 Å². The van der Waals surface area contributed by atoms with Crippen LogP contribution in [-0.4, -0.2) is 32.8 Å². The number of hydrogen-bond acceptors (Lipinski definition) is 3. The molecule has 0 aromatic carbocycles. The summed E-state index contributed by atoms with van der Waals surface area (Å²) < 4.78 is 1.97. The fraction of sp³-hybridized carbons (Fsp3) is 0.895. The fourth-order valence-electron chi connectivity index (χ4n) is 3.27. The van der Waals surface area contributed by atoms with Crippen LogP contribution in [-0.2, 0) is 6.67 Å². The normalized spacial score (nSPS) is 14.3. The number of nitrogens with zero attached hydrogens (tertiary/aromatic N) is 4. The summed E-state index contributed by atoms with van der Waals surface area (Å²) in [5.41, 5.74) is 0. The number of hydrogen-bond donors (Lipinski definition) is 0. The molecule has 134 valence electrons. The SMILES string of the molecule is CCCCC(CC)CN(CC(CC)CCCC)Cn1cncn1. The van der Waals surface area contributed by atoms with Gasteiger partial charge >= 0.3 is 0 Å². The van der Waals surface area contributed by atoms with Crippen LogP contribution in [0.5, 0.6) is 0 Å². The van der Waals surface area contributed by atoms with Gasteiger partial charge in [-0.1, -0.05) is 66.2 Å². The van der Waals surface area contributed by atoms with Crippen LogP contribution in [0.3, 0.4) is 0 Å². The highest BCUT2D eigenvalue weighted by Crippen LogP contribution is 2.19. The van der Waals surface area contributed by atoms with Gasteiger partial charge in [-0.2, -0.15) is 5.10 Å². The van der Waals surface area contributed by atoms with Crippen LogP contribution in [0, 0.1) is 11.8 Å². The summed E-state index contributed by atoms with van der Waals surface area (Å²) in [5.74, 6) is 1.62. The molecule has 0 aliphatic rings. The van der Waals surface area contributed by atoms with Gasteiger partial charge in [-0.15, -0.1) is 0 Å². The Hall–Kier alpha value is -0.900. The Morgan fingerprint density at radius 3 is 1.87 bits per heavy atom. The first-order valence-corrected chi connectivity index (χ1v) is 9.78. The van der Waals surface area contributed by atoms with E-state index in [2.05, 4.69) is 42.7 Å². The molecule has 0 radical (unpaired) electrons. The molecule has 0 saturated heterocycles. The highest BCUT2D eigenvalue weighted by Gasteiger charge is 2.17. The van der Waals surface area contributed by atoms with Crippen LogP contribution in [0.25, 0.3) is 0 Å². The molecule has 0 fully saturated rings. The Labute approximate surface area is 143 Å². The molecule has 0 aliphatic carbocycles. The van der Waals surface area contributed by atoms with E-state index >= 15 is 0 Å². The smallest absolute Gasteiger partial charge is 0.137 e. The third-order valence-electron chi connectivity index (χ3n) is 4.93. The largest absolute Gasteiger partial charge is 0.284 e. The number of rotatable bonds is 14. The van der Waals surface area contributed by atoms with Gasteiger partial charge in [-0.05, 0) is 24.7 Å². The molecule has 1 aromatic heterocycles. The molecule has 23 heavy (non-hydrogen) atoms. The molecule has 4 nitrogen and oxygen atoms in total. The summed E-state index contributed by atoms with van der Waals surface area (Å²) in [5, 5.41) is 4.31. The lowest BCUT2D eigenvalue weighted by atomic mass is 9.96. The Balaban J connectivity index is 2.62. The van der Waals surface area contributed by atoms with Crippen LogP contribution >= 0.6 is 0 Å². The molecule has 0 N–H and O–H groups in total. The summed E-state index contributed by atoms with van der Waals surface area (Å²) in [6.07, 6.45) is 14.0. The lowest BCUT2D eigenvalue weighted by molar-refractivity contribution is 0.138. The van der Waals surface area contributed by atoms with Gasteiger partial charge in [0.05, 0.1) is 6.67 Å². The van der Waals surface area contributed by atoms with E-state index in [-0.39, 0.29) is 0 Å². The highest BCUT2D eigenvalue weighted by molar-refractivity contribution is 4.69. The number of aromatic nitrogens is 3. The van der Waals surface area contributed by atoms with Gasteiger partial charge in [-0.25, -0.2) is 9.67 Å². The number of unbranched alkanes of at least 4 members (excludes halogenated alkanes) is 2. The summed E-state index contributed by atoms with van der Waals surface area (Å²) in [6, 6.07) is 0. The van der Waals surface area contributed by atoms with Crippen LogP contribution in [0.2, 0.25) is 0 Å². The molecular formula is C19H38N4. The van der Waals surface area contributed by atoms with Crippen molar-refractivity contribution in [2.75, 3.05) is 13.1 Å². The van der Waals surface area contributed by atoms with Crippen molar-refractivity contribution < 1.29 is 0 Å². The summed E-state index contributed by atoms with van der Waals surface area (Å²) >= 11 is 0. The molecule has 1 heterocycles. The molecule has 1 aromatic rings. The topological polar surface area (TPSA) is 34.0 Å². The van der Waals surface area contributed by atoms with Crippen molar-refractivity contribution >= 4 is 0 Å². The predicted molar refractivity (Wildman–Crippen MR) is 98.2 cm³/mol. The van der Waals surface area contributed by atoms with Gasteiger partial charge in [-0.3, -0.25) is 4.90 Å². The van der Waals surface area contributed by atoms with Crippen LogP contribution < -0.4 is 0 Å². The van der Waals surface area contributed by atoms with E-state index in [1.165, 1.54) is 64.5 Å². The van der Waals surface area contributed by atoms with E-state index in [9.17, 15) is 0 Å². The average molecular weight is 323 g/mol. The minimum absolute atomic E-state index is 0.808. The van der Waals surface area contributed by atoms with E-state index in [0.717, 1.165) is 18.5 Å². The minimum Gasteiger partial charge on any atom is -0.284 e. The molecule has 0 amide bonds. The Morgan fingerprint density at radius 1 is 0.913 bits per heavy atom. The zero-order valence-corrected chi connectivity index (χ0v) is 15.9. The fourth-order valence-corrected chi connectivity index (χ4v) is 3.27. The van der Waals surface area contributed by atoms with E-state index < -0.39 is 0 Å². The van der Waals surface area contributed by atoms with Crippen LogP contribution in [0.1, 0.15) is 79.1 Å². The molecular weight excluding hydrogens is 284 g/mol. The van der Waals surface area contributed by atoms with E-state index in [4.69, 9.17) is 0 Å². The van der Waals surface area contributed by atoms with E-state index in [1.807, 2.05) is 11.0 Å². The Morgan fingerprint density at radius 2 is 1.48 bits per heavy atom. The molecule has 0 spiro atoms. The molecule has 4 heteroatoms. The molecule has 0 aliphatic heterocycles. The lowest BCUT2D eigenvalue weighted by Gasteiger charge is -2.30. The Kier molecular flexibility index (Phi) is 11.0. The first-order chi connectivity index (χ1) is 11.2. The molecule has 0 bridgehead atoms. The summed E-state index contributed by atoms with van der Waals surface area (Å²) in [6.45, 7) is 12.5. The van der Waals surface area contributed by atoms with Gasteiger partial charge < -0.3 is 0 Å². The standard InChI is InChI=1S/C19H38N4/c1-5-9-11-18(7-3)13-22(17-23-16-20-15-21-23)14-19(8-4)12-10-6-2/h15-16,18-19H,5-14,17H2,1-4H3. The van der Waals surface area contributed by atoms with Gasteiger partial charge in [0, 0.05) is 13.1 Å². The second kappa shape index (κ2) is 12.5. The average Bonchev–Trinajstić information content (AvgIpc) is 3.07. The third-order valence-corrected chi connectivity index (χ3v) is 4.93. The first-order valence-electron chi connectivity index (χ1n) is 9.78. The van der Waals surface area contributed by atoms with E-state index in [0.29, 0.717) is 0 Å². The van der Waals surface area contributed by atoms with Crippen molar-refractivity contribution in [1.82, 2.24) is 19.7 Å². The molecule has 2 atom stereocenters. The maximum Gasteiger partial charge on any atom is 0.137 e. The van der Waals surface area contributed by atoms with Crippen molar-refractivity contribution in [3.8, 4) is 0 Å². The second-order valence-electron chi connectivity index (χ2n) is 6.95. The summed E-state index contributed by atoms with van der Waals surface area (Å²) in [4.78, 5) is 6.71. The van der Waals surface area contributed by atoms with Gasteiger partial charge in [0.2, 0.25) is 0 Å². The molecule has 2 unspecified atom stereocenters. The van der Waals surface area contributed by atoms with Crippen LogP contribution in [0.15, 0.2) is 12.7 Å². The first kappa shape index (κ1) is 20.1. The Bertz CT molecular complexity index is 345. The quantitative estimate of drug-likeness (QED) is 0.485. The van der Waals surface area contributed by atoms with Crippen molar-refractivity contribution in [2.24, 2.45) is 11.8 Å². The third kappa shape index (κ3) is 8.50.